The molecule has 1 heteroatoms. The van der Waals surface area contributed by atoms with Crippen LogP contribution in [0.15, 0.2) is 25.3 Å². The van der Waals surface area contributed by atoms with E-state index in [4.69, 9.17) is 0 Å². The van der Waals surface area contributed by atoms with E-state index in [2.05, 4.69) is 51.2 Å². The molecule has 0 radical (unpaired) electrons. The van der Waals surface area contributed by atoms with E-state index in [1.807, 2.05) is 12.2 Å². The molecule has 0 N–H and O–H groups in total. The van der Waals surface area contributed by atoms with Crippen molar-refractivity contribution in [1.82, 2.24) is 4.90 Å². The minimum absolute atomic E-state index is 0.937. The highest BCUT2D eigenvalue weighted by molar-refractivity contribution is 5.69. The molecule has 0 aliphatic heterocycles. The fraction of sp³-hybridized carbons (Fsp3) is 0.333. The Kier molecular flexibility index (Phi) is 4.51. The Hall–Kier alpha value is -1.34. The third-order valence-electron chi connectivity index (χ3n) is 2.74. The Labute approximate surface area is 99.1 Å². The summed E-state index contributed by atoms with van der Waals surface area (Å²) in [7, 11) is 4.16. The van der Waals surface area contributed by atoms with Gasteiger partial charge in [-0.3, -0.25) is 0 Å². The average Bonchev–Trinajstić information content (AvgIpc) is 2.27. The van der Waals surface area contributed by atoms with E-state index in [1.165, 1.54) is 22.3 Å². The molecule has 0 spiro atoms. The van der Waals surface area contributed by atoms with Crippen molar-refractivity contribution < 1.29 is 0 Å². The molecule has 86 valence electrons. The highest BCUT2D eigenvalue weighted by Gasteiger charge is 2.08. The zero-order valence-electron chi connectivity index (χ0n) is 10.6. The molecule has 1 aromatic rings. The maximum atomic E-state index is 3.92. The molecule has 0 heterocycles. The van der Waals surface area contributed by atoms with Crippen molar-refractivity contribution in [2.75, 3.05) is 14.1 Å². The van der Waals surface area contributed by atoms with Crippen molar-refractivity contribution in [3.63, 3.8) is 0 Å². The molecular weight excluding hydrogens is 194 g/mol. The van der Waals surface area contributed by atoms with Crippen LogP contribution in [0.2, 0.25) is 0 Å². The number of benzene rings is 1. The normalized spacial score (nSPS) is 10.5. The van der Waals surface area contributed by atoms with Gasteiger partial charge in [0.2, 0.25) is 0 Å². The second-order valence-corrected chi connectivity index (χ2v) is 4.21. The van der Waals surface area contributed by atoms with Gasteiger partial charge in [-0.15, -0.1) is 0 Å². The SMILES string of the molecule is C=Cc1c(CC)ccc(CN(C)C)c1C=C. The summed E-state index contributed by atoms with van der Waals surface area (Å²) in [6.07, 6.45) is 4.91. The first-order valence-electron chi connectivity index (χ1n) is 5.68. The first-order chi connectivity index (χ1) is 7.63. The van der Waals surface area contributed by atoms with Crippen molar-refractivity contribution >= 4 is 12.2 Å². The second kappa shape index (κ2) is 5.66. The monoisotopic (exact) mass is 215 g/mol. The average molecular weight is 215 g/mol. The lowest BCUT2D eigenvalue weighted by Crippen LogP contribution is -2.12. The van der Waals surface area contributed by atoms with Crippen molar-refractivity contribution in [3.8, 4) is 0 Å². The summed E-state index contributed by atoms with van der Waals surface area (Å²) in [6.45, 7) is 10.9. The van der Waals surface area contributed by atoms with Gasteiger partial charge in [0.1, 0.15) is 0 Å². The molecular formula is C15H21N. The van der Waals surface area contributed by atoms with Crippen molar-refractivity contribution in [2.24, 2.45) is 0 Å². The van der Waals surface area contributed by atoms with E-state index >= 15 is 0 Å². The molecule has 0 bridgehead atoms. The van der Waals surface area contributed by atoms with Crippen molar-refractivity contribution in [3.05, 3.63) is 47.5 Å². The van der Waals surface area contributed by atoms with Crippen LogP contribution in [0.4, 0.5) is 0 Å². The molecule has 0 fully saturated rings. The Morgan fingerprint density at radius 3 is 2.00 bits per heavy atom. The van der Waals surface area contributed by atoms with Gasteiger partial charge in [0.15, 0.2) is 0 Å². The Morgan fingerprint density at radius 1 is 1.06 bits per heavy atom. The third-order valence-corrected chi connectivity index (χ3v) is 2.74. The van der Waals surface area contributed by atoms with Crippen molar-refractivity contribution in [2.45, 2.75) is 19.9 Å². The van der Waals surface area contributed by atoms with Crippen LogP contribution in [0, 0.1) is 0 Å². The fourth-order valence-electron chi connectivity index (χ4n) is 2.00. The molecule has 0 amide bonds. The minimum Gasteiger partial charge on any atom is -0.305 e. The van der Waals surface area contributed by atoms with Gasteiger partial charge in [0.05, 0.1) is 0 Å². The summed E-state index contributed by atoms with van der Waals surface area (Å²) in [5.41, 5.74) is 5.11. The fourth-order valence-corrected chi connectivity index (χ4v) is 2.00. The minimum atomic E-state index is 0.937. The second-order valence-electron chi connectivity index (χ2n) is 4.21. The number of rotatable bonds is 5. The van der Waals surface area contributed by atoms with E-state index in [0.717, 1.165) is 13.0 Å². The van der Waals surface area contributed by atoms with Crippen LogP contribution in [0.25, 0.3) is 12.2 Å². The summed E-state index contributed by atoms with van der Waals surface area (Å²) in [4.78, 5) is 2.17. The highest BCUT2D eigenvalue weighted by Crippen LogP contribution is 2.23. The lowest BCUT2D eigenvalue weighted by Gasteiger charge is -2.16. The van der Waals surface area contributed by atoms with Gasteiger partial charge in [-0.2, -0.15) is 0 Å². The van der Waals surface area contributed by atoms with E-state index in [1.54, 1.807) is 0 Å². The van der Waals surface area contributed by atoms with Crippen LogP contribution >= 0.6 is 0 Å². The molecule has 0 saturated carbocycles. The van der Waals surface area contributed by atoms with Gasteiger partial charge in [-0.25, -0.2) is 0 Å². The first-order valence-corrected chi connectivity index (χ1v) is 5.68. The topological polar surface area (TPSA) is 3.24 Å². The highest BCUT2D eigenvalue weighted by atomic mass is 15.0. The molecule has 0 aliphatic carbocycles. The summed E-state index contributed by atoms with van der Waals surface area (Å²) in [6, 6.07) is 4.39. The maximum Gasteiger partial charge on any atom is 0.0233 e. The number of aryl methyl sites for hydroxylation is 1. The summed E-state index contributed by atoms with van der Waals surface area (Å²) in [5, 5.41) is 0. The zero-order chi connectivity index (χ0) is 12.1. The third kappa shape index (κ3) is 2.61. The standard InChI is InChI=1S/C15H21N/c1-6-12-9-10-13(11-16(4)5)15(8-3)14(12)7-2/h7-10H,2-3,6,11H2,1,4-5H3. The van der Waals surface area contributed by atoms with E-state index < -0.39 is 0 Å². The summed E-state index contributed by atoms with van der Waals surface area (Å²) < 4.78 is 0. The predicted molar refractivity (Wildman–Crippen MR) is 73.4 cm³/mol. The van der Waals surface area contributed by atoms with E-state index in [-0.39, 0.29) is 0 Å². The van der Waals surface area contributed by atoms with Gasteiger partial charge >= 0.3 is 0 Å². The van der Waals surface area contributed by atoms with E-state index in [9.17, 15) is 0 Å². The maximum absolute atomic E-state index is 3.92. The Morgan fingerprint density at radius 2 is 1.56 bits per heavy atom. The van der Waals surface area contributed by atoms with Crippen LogP contribution in [-0.2, 0) is 13.0 Å². The molecule has 0 aromatic heterocycles. The van der Waals surface area contributed by atoms with Gasteiger partial charge in [-0.1, -0.05) is 44.4 Å². The van der Waals surface area contributed by atoms with Crippen LogP contribution in [-0.4, -0.2) is 19.0 Å². The molecule has 1 aromatic carbocycles. The van der Waals surface area contributed by atoms with Gasteiger partial charge in [0, 0.05) is 6.54 Å². The molecule has 0 aliphatic rings. The van der Waals surface area contributed by atoms with Crippen LogP contribution in [0.3, 0.4) is 0 Å². The quantitative estimate of drug-likeness (QED) is 0.725. The predicted octanol–water partition coefficient (Wildman–Crippen LogP) is 3.60. The van der Waals surface area contributed by atoms with Gasteiger partial charge < -0.3 is 4.90 Å². The Bertz CT molecular complexity index is 389. The van der Waals surface area contributed by atoms with Gasteiger partial charge in [-0.05, 0) is 42.8 Å². The van der Waals surface area contributed by atoms with Crippen molar-refractivity contribution in [1.29, 1.82) is 0 Å². The number of hydrogen-bond acceptors (Lipinski definition) is 1. The first kappa shape index (κ1) is 12.7. The van der Waals surface area contributed by atoms with Gasteiger partial charge in [0.25, 0.3) is 0 Å². The Balaban J connectivity index is 3.31. The zero-order valence-corrected chi connectivity index (χ0v) is 10.6. The number of nitrogens with zero attached hydrogens (tertiary/aromatic N) is 1. The summed E-state index contributed by atoms with van der Waals surface area (Å²) in [5.74, 6) is 0. The lowest BCUT2D eigenvalue weighted by molar-refractivity contribution is 0.402. The molecule has 16 heavy (non-hydrogen) atoms. The largest absolute Gasteiger partial charge is 0.305 e. The molecule has 0 saturated heterocycles. The molecule has 1 nitrogen and oxygen atoms in total. The summed E-state index contributed by atoms with van der Waals surface area (Å²) >= 11 is 0. The van der Waals surface area contributed by atoms with E-state index in [0.29, 0.717) is 0 Å². The van der Waals surface area contributed by atoms with Crippen LogP contribution in [0.5, 0.6) is 0 Å². The number of hydrogen-bond donors (Lipinski definition) is 0. The lowest BCUT2D eigenvalue weighted by atomic mass is 9.94. The smallest absolute Gasteiger partial charge is 0.0233 e. The van der Waals surface area contributed by atoms with Crippen LogP contribution < -0.4 is 0 Å². The molecule has 0 unspecified atom stereocenters. The molecule has 0 atom stereocenters. The molecule has 1 rings (SSSR count). The van der Waals surface area contributed by atoms with Crippen LogP contribution in [0.1, 0.15) is 29.2 Å².